The number of aliphatic hydroxyl groups excluding tert-OH is 1. The fourth-order valence-corrected chi connectivity index (χ4v) is 3.48. The van der Waals surface area contributed by atoms with Crippen molar-refractivity contribution in [3.63, 3.8) is 0 Å². The van der Waals surface area contributed by atoms with Crippen LogP contribution in [0.15, 0.2) is 54.6 Å². The Bertz CT molecular complexity index is 769. The number of nitrogens with zero attached hydrogens (tertiary/aromatic N) is 1. The Kier molecular flexibility index (Phi) is 6.78. The number of β-amino-alcohol motifs (C(OH)–C–C–N with tert-alkyl or cyclic N) is 1. The monoisotopic (exact) mass is 386 g/mol. The topological polar surface area (TPSA) is 72.8 Å². The van der Waals surface area contributed by atoms with E-state index < -0.39 is 11.7 Å². The third kappa shape index (κ3) is 5.38. The van der Waals surface area contributed by atoms with Crippen LogP contribution in [0.5, 0.6) is 0 Å². The second kappa shape index (κ2) is 9.28. The molecule has 1 amide bonds. The minimum atomic E-state index is -1.28. The Morgan fingerprint density at radius 2 is 1.86 bits per heavy atom. The van der Waals surface area contributed by atoms with Crippen LogP contribution >= 0.6 is 0 Å². The van der Waals surface area contributed by atoms with Gasteiger partial charge in [0.15, 0.2) is 0 Å². The van der Waals surface area contributed by atoms with Crippen molar-refractivity contribution in [1.82, 2.24) is 10.2 Å². The van der Waals surface area contributed by atoms with Gasteiger partial charge in [0.25, 0.3) is 0 Å². The predicted molar refractivity (Wildman–Crippen MR) is 105 cm³/mol. The summed E-state index contributed by atoms with van der Waals surface area (Å²) in [5.41, 5.74) is 0.721. The van der Waals surface area contributed by atoms with Crippen molar-refractivity contribution in [2.75, 3.05) is 19.6 Å². The molecule has 0 radical (unpaired) electrons. The zero-order valence-corrected chi connectivity index (χ0v) is 15.9. The van der Waals surface area contributed by atoms with Gasteiger partial charge in [0.05, 0.1) is 0 Å². The molecular formula is C22H27FN2O3. The summed E-state index contributed by atoms with van der Waals surface area (Å²) in [7, 11) is 0. The molecular weight excluding hydrogens is 359 g/mol. The molecule has 1 heterocycles. The number of aryl methyl sites for hydroxylation is 1. The van der Waals surface area contributed by atoms with E-state index in [4.69, 9.17) is 0 Å². The van der Waals surface area contributed by atoms with Gasteiger partial charge in [-0.25, -0.2) is 4.39 Å². The number of carbonyl (C=O) groups excluding carboxylic acids is 1. The molecule has 28 heavy (non-hydrogen) atoms. The quantitative estimate of drug-likeness (QED) is 0.679. The number of aliphatic hydroxyl groups is 2. The molecule has 5 nitrogen and oxygen atoms in total. The minimum absolute atomic E-state index is 0.00998. The molecule has 2 atom stereocenters. The summed E-state index contributed by atoms with van der Waals surface area (Å²) in [6.07, 6.45) is 0.345. The highest BCUT2D eigenvalue weighted by Crippen LogP contribution is 2.23. The number of likely N-dealkylation sites (tertiary alicyclic amines) is 1. The third-order valence-corrected chi connectivity index (χ3v) is 5.32. The molecule has 3 N–H and O–H groups in total. The second-order valence-corrected chi connectivity index (χ2v) is 7.42. The Morgan fingerprint density at radius 3 is 2.54 bits per heavy atom. The van der Waals surface area contributed by atoms with E-state index in [1.807, 2.05) is 30.3 Å². The number of piperidine rings is 1. The summed E-state index contributed by atoms with van der Waals surface area (Å²) >= 11 is 0. The standard InChI is InChI=1S/C22H27FN2O3/c23-19-9-6-18(7-10-19)14-24-16-22(28)12-13-25(15-20(22)26)21(27)11-8-17-4-2-1-3-5-17/h1-7,9-10,20,24,26,28H,8,11-16H2/t20-,22-/m0/s1. The Hall–Kier alpha value is -2.28. The smallest absolute Gasteiger partial charge is 0.222 e. The van der Waals surface area contributed by atoms with Crippen molar-refractivity contribution in [3.8, 4) is 0 Å². The molecule has 0 aliphatic carbocycles. The van der Waals surface area contributed by atoms with E-state index in [2.05, 4.69) is 5.32 Å². The molecule has 6 heteroatoms. The van der Waals surface area contributed by atoms with Crippen molar-refractivity contribution in [3.05, 3.63) is 71.5 Å². The van der Waals surface area contributed by atoms with Gasteiger partial charge in [0.2, 0.25) is 5.91 Å². The van der Waals surface area contributed by atoms with E-state index in [0.717, 1.165) is 11.1 Å². The van der Waals surface area contributed by atoms with Crippen LogP contribution in [-0.2, 0) is 17.8 Å². The number of hydrogen-bond acceptors (Lipinski definition) is 4. The molecule has 1 aliphatic heterocycles. The number of carbonyl (C=O) groups is 1. The minimum Gasteiger partial charge on any atom is -0.388 e. The molecule has 0 spiro atoms. The van der Waals surface area contributed by atoms with Gasteiger partial charge in [-0.2, -0.15) is 0 Å². The van der Waals surface area contributed by atoms with Crippen LogP contribution in [0.4, 0.5) is 4.39 Å². The van der Waals surface area contributed by atoms with Crippen molar-refractivity contribution >= 4 is 5.91 Å². The van der Waals surface area contributed by atoms with Crippen molar-refractivity contribution in [1.29, 1.82) is 0 Å². The van der Waals surface area contributed by atoms with Crippen LogP contribution in [0, 0.1) is 5.82 Å². The molecule has 0 saturated carbocycles. The number of rotatable bonds is 7. The lowest BCUT2D eigenvalue weighted by Gasteiger charge is -2.42. The first-order valence-electron chi connectivity index (χ1n) is 9.63. The SMILES string of the molecule is O=C(CCc1ccccc1)N1CC[C@](O)(CNCc2ccc(F)cc2)[C@@H](O)C1. The summed E-state index contributed by atoms with van der Waals surface area (Å²) in [5, 5.41) is 24.3. The van der Waals surface area contributed by atoms with Gasteiger partial charge in [0, 0.05) is 32.6 Å². The Labute approximate surface area is 164 Å². The van der Waals surface area contributed by atoms with E-state index in [0.29, 0.717) is 32.4 Å². The maximum absolute atomic E-state index is 12.9. The van der Waals surface area contributed by atoms with Crippen LogP contribution in [0.3, 0.4) is 0 Å². The second-order valence-electron chi connectivity index (χ2n) is 7.42. The van der Waals surface area contributed by atoms with Gasteiger partial charge in [-0.3, -0.25) is 4.79 Å². The molecule has 0 bridgehead atoms. The molecule has 0 unspecified atom stereocenters. The highest BCUT2D eigenvalue weighted by atomic mass is 19.1. The number of benzene rings is 2. The molecule has 3 rings (SSSR count). The normalized spacial score (nSPS) is 22.2. The molecule has 1 fully saturated rings. The predicted octanol–water partition coefficient (Wildman–Crippen LogP) is 1.87. The fraction of sp³-hybridized carbons (Fsp3) is 0.409. The lowest BCUT2D eigenvalue weighted by atomic mass is 9.88. The zero-order valence-electron chi connectivity index (χ0n) is 15.9. The summed E-state index contributed by atoms with van der Waals surface area (Å²) in [6, 6.07) is 16.0. The van der Waals surface area contributed by atoms with Crippen molar-refractivity contribution in [2.45, 2.75) is 37.5 Å². The molecule has 1 aliphatic rings. The van der Waals surface area contributed by atoms with Crippen LogP contribution in [-0.4, -0.2) is 52.4 Å². The van der Waals surface area contributed by atoms with Gasteiger partial charge in [0.1, 0.15) is 17.5 Å². The highest BCUT2D eigenvalue weighted by molar-refractivity contribution is 5.76. The summed E-state index contributed by atoms with van der Waals surface area (Å²) in [5.74, 6) is -0.300. The first kappa shape index (κ1) is 20.5. The Morgan fingerprint density at radius 1 is 1.14 bits per heavy atom. The maximum atomic E-state index is 12.9. The fourth-order valence-electron chi connectivity index (χ4n) is 3.48. The summed E-state index contributed by atoms with van der Waals surface area (Å²) in [6.45, 7) is 1.22. The van der Waals surface area contributed by atoms with E-state index in [1.54, 1.807) is 17.0 Å². The van der Waals surface area contributed by atoms with Crippen LogP contribution < -0.4 is 5.32 Å². The zero-order chi connectivity index (χ0) is 20.0. The van der Waals surface area contributed by atoms with Gasteiger partial charge in [-0.15, -0.1) is 0 Å². The van der Waals surface area contributed by atoms with Gasteiger partial charge >= 0.3 is 0 Å². The van der Waals surface area contributed by atoms with E-state index in [9.17, 15) is 19.4 Å². The average molecular weight is 386 g/mol. The van der Waals surface area contributed by atoms with Crippen LogP contribution in [0.2, 0.25) is 0 Å². The summed E-state index contributed by atoms with van der Waals surface area (Å²) in [4.78, 5) is 14.1. The molecule has 2 aromatic rings. The number of nitrogens with one attached hydrogen (secondary N) is 1. The Balaban J connectivity index is 1.45. The highest BCUT2D eigenvalue weighted by Gasteiger charge is 2.41. The molecule has 1 saturated heterocycles. The van der Waals surface area contributed by atoms with Crippen molar-refractivity contribution in [2.24, 2.45) is 0 Å². The molecule has 0 aromatic heterocycles. The number of halogens is 1. The van der Waals surface area contributed by atoms with E-state index >= 15 is 0 Å². The summed E-state index contributed by atoms with van der Waals surface area (Å²) < 4.78 is 12.9. The lowest BCUT2D eigenvalue weighted by Crippen LogP contribution is -2.60. The van der Waals surface area contributed by atoms with Crippen molar-refractivity contribution < 1.29 is 19.4 Å². The van der Waals surface area contributed by atoms with Crippen LogP contribution in [0.1, 0.15) is 24.0 Å². The average Bonchev–Trinajstić information content (AvgIpc) is 2.71. The first-order chi connectivity index (χ1) is 13.5. The van der Waals surface area contributed by atoms with Crippen LogP contribution in [0.25, 0.3) is 0 Å². The largest absolute Gasteiger partial charge is 0.388 e. The van der Waals surface area contributed by atoms with Gasteiger partial charge in [-0.05, 0) is 36.1 Å². The molecule has 2 aromatic carbocycles. The van der Waals surface area contributed by atoms with Gasteiger partial charge in [-0.1, -0.05) is 42.5 Å². The maximum Gasteiger partial charge on any atom is 0.222 e. The van der Waals surface area contributed by atoms with Gasteiger partial charge < -0.3 is 20.4 Å². The van der Waals surface area contributed by atoms with E-state index in [-0.39, 0.29) is 24.8 Å². The van der Waals surface area contributed by atoms with E-state index in [1.165, 1.54) is 12.1 Å². The third-order valence-electron chi connectivity index (χ3n) is 5.32. The lowest BCUT2D eigenvalue weighted by molar-refractivity contribution is -0.148. The number of amides is 1. The number of hydrogen-bond donors (Lipinski definition) is 3. The first-order valence-corrected chi connectivity index (χ1v) is 9.63. The molecule has 150 valence electrons.